The maximum absolute atomic E-state index is 16.1. The summed E-state index contributed by atoms with van der Waals surface area (Å²) in [6.07, 6.45) is 6.40. The SMILES string of the molecule is Fc1c(-c2cncc(CN3CCC(F)(F)C3)c2)ccc2[nH]nc(-c3nc4nccc(-c5ccccn5)c4[nH]3)c12. The number of likely N-dealkylation sites (tertiary alicyclic amines) is 1. The number of nitrogens with one attached hydrogen (secondary N) is 2. The molecule has 11 heteroatoms. The molecule has 39 heavy (non-hydrogen) atoms. The number of aromatic nitrogens is 7. The van der Waals surface area contributed by atoms with E-state index in [1.54, 1.807) is 47.9 Å². The van der Waals surface area contributed by atoms with Gasteiger partial charge < -0.3 is 4.98 Å². The van der Waals surface area contributed by atoms with Crippen molar-refractivity contribution in [2.75, 3.05) is 13.1 Å². The van der Waals surface area contributed by atoms with E-state index in [9.17, 15) is 8.78 Å². The van der Waals surface area contributed by atoms with Crippen LogP contribution >= 0.6 is 0 Å². The van der Waals surface area contributed by atoms with Gasteiger partial charge in [0.25, 0.3) is 5.92 Å². The van der Waals surface area contributed by atoms with Gasteiger partial charge in [0.15, 0.2) is 11.5 Å². The zero-order valence-corrected chi connectivity index (χ0v) is 20.5. The van der Waals surface area contributed by atoms with Gasteiger partial charge in [-0.2, -0.15) is 5.10 Å². The van der Waals surface area contributed by atoms with Crippen molar-refractivity contribution in [2.45, 2.75) is 18.9 Å². The predicted octanol–water partition coefficient (Wildman–Crippen LogP) is 5.61. The molecular weight excluding hydrogens is 505 g/mol. The Morgan fingerprint density at radius 1 is 1.00 bits per heavy atom. The van der Waals surface area contributed by atoms with E-state index in [-0.39, 0.29) is 18.4 Å². The van der Waals surface area contributed by atoms with E-state index in [4.69, 9.17) is 0 Å². The minimum absolute atomic E-state index is 0.157. The molecule has 0 bridgehead atoms. The zero-order valence-electron chi connectivity index (χ0n) is 20.5. The average molecular weight is 527 g/mol. The van der Waals surface area contributed by atoms with E-state index in [1.165, 1.54) is 0 Å². The number of alkyl halides is 2. The van der Waals surface area contributed by atoms with Crippen molar-refractivity contribution in [1.29, 1.82) is 0 Å². The number of hydrogen-bond donors (Lipinski definition) is 2. The van der Waals surface area contributed by atoms with Gasteiger partial charge in [-0.1, -0.05) is 6.07 Å². The molecule has 7 rings (SSSR count). The lowest BCUT2D eigenvalue weighted by molar-refractivity contribution is 0.0115. The molecular formula is C28H21F3N8. The third kappa shape index (κ3) is 4.20. The molecule has 1 aliphatic heterocycles. The van der Waals surface area contributed by atoms with E-state index in [0.717, 1.165) is 16.8 Å². The summed E-state index contributed by atoms with van der Waals surface area (Å²) in [5.74, 6) is -2.80. The molecule has 1 saturated heterocycles. The Morgan fingerprint density at radius 3 is 2.74 bits per heavy atom. The normalized spacial score (nSPS) is 15.5. The average Bonchev–Trinajstić information content (AvgIpc) is 3.65. The fraction of sp³-hybridized carbons (Fsp3) is 0.179. The molecule has 5 aromatic heterocycles. The van der Waals surface area contributed by atoms with Crippen LogP contribution in [0, 0.1) is 5.82 Å². The highest BCUT2D eigenvalue weighted by Gasteiger charge is 2.38. The number of rotatable bonds is 5. The van der Waals surface area contributed by atoms with Crippen LogP contribution in [0.15, 0.2) is 67.3 Å². The van der Waals surface area contributed by atoms with E-state index < -0.39 is 11.7 Å². The smallest absolute Gasteiger partial charge is 0.261 e. The van der Waals surface area contributed by atoms with Gasteiger partial charge >= 0.3 is 0 Å². The van der Waals surface area contributed by atoms with E-state index in [1.807, 2.05) is 24.3 Å². The van der Waals surface area contributed by atoms with Gasteiger partial charge in [0, 0.05) is 61.0 Å². The number of hydrogen-bond acceptors (Lipinski definition) is 6. The lowest BCUT2D eigenvalue weighted by atomic mass is 10.0. The monoisotopic (exact) mass is 526 g/mol. The Labute approximate surface area is 220 Å². The van der Waals surface area contributed by atoms with Crippen molar-refractivity contribution in [3.05, 3.63) is 78.6 Å². The quantitative estimate of drug-likeness (QED) is 0.303. The highest BCUT2D eigenvalue weighted by atomic mass is 19.3. The largest absolute Gasteiger partial charge is 0.335 e. The molecule has 0 saturated carbocycles. The first-order valence-electron chi connectivity index (χ1n) is 12.4. The summed E-state index contributed by atoms with van der Waals surface area (Å²) >= 11 is 0. The number of fused-ring (bicyclic) bond motifs is 2. The molecule has 0 aliphatic carbocycles. The van der Waals surface area contributed by atoms with Crippen molar-refractivity contribution < 1.29 is 13.2 Å². The van der Waals surface area contributed by atoms with E-state index >= 15 is 4.39 Å². The first kappa shape index (κ1) is 23.5. The minimum atomic E-state index is -2.68. The number of benzene rings is 1. The molecule has 1 fully saturated rings. The third-order valence-corrected chi connectivity index (χ3v) is 6.98. The molecule has 0 radical (unpaired) electrons. The molecule has 2 N–H and O–H groups in total. The first-order valence-corrected chi connectivity index (χ1v) is 12.4. The van der Waals surface area contributed by atoms with E-state index in [0.29, 0.717) is 52.4 Å². The number of halogens is 3. The van der Waals surface area contributed by atoms with Crippen LogP contribution in [0.3, 0.4) is 0 Å². The Kier molecular flexibility index (Phi) is 5.41. The number of nitrogens with zero attached hydrogens (tertiary/aromatic N) is 6. The van der Waals surface area contributed by atoms with Gasteiger partial charge in [-0.25, -0.2) is 23.1 Å². The Balaban J connectivity index is 1.28. The fourth-order valence-electron chi connectivity index (χ4n) is 5.15. The molecule has 0 amide bonds. The van der Waals surface area contributed by atoms with Gasteiger partial charge in [-0.3, -0.25) is 20.0 Å². The van der Waals surface area contributed by atoms with Crippen molar-refractivity contribution in [3.63, 3.8) is 0 Å². The van der Waals surface area contributed by atoms with Gasteiger partial charge in [-0.05, 0) is 42.0 Å². The maximum atomic E-state index is 16.1. The van der Waals surface area contributed by atoms with Crippen LogP contribution in [0.2, 0.25) is 0 Å². The number of imidazole rings is 1. The highest BCUT2D eigenvalue weighted by Crippen LogP contribution is 2.35. The zero-order chi connectivity index (χ0) is 26.6. The second kappa shape index (κ2) is 8.98. The predicted molar refractivity (Wildman–Crippen MR) is 140 cm³/mol. The molecule has 8 nitrogen and oxygen atoms in total. The molecule has 0 spiro atoms. The summed E-state index contributed by atoms with van der Waals surface area (Å²) in [7, 11) is 0. The van der Waals surface area contributed by atoms with Crippen LogP contribution < -0.4 is 0 Å². The highest BCUT2D eigenvalue weighted by molar-refractivity contribution is 5.97. The van der Waals surface area contributed by atoms with Crippen molar-refractivity contribution in [3.8, 4) is 33.9 Å². The number of pyridine rings is 3. The summed E-state index contributed by atoms with van der Waals surface area (Å²) in [6.45, 7) is 0.344. The third-order valence-electron chi connectivity index (χ3n) is 6.98. The van der Waals surface area contributed by atoms with Gasteiger partial charge in [0.2, 0.25) is 0 Å². The second-order valence-corrected chi connectivity index (χ2v) is 9.68. The first-order chi connectivity index (χ1) is 18.9. The lowest BCUT2D eigenvalue weighted by Gasteiger charge is -2.16. The van der Waals surface area contributed by atoms with Crippen LogP contribution in [0.25, 0.3) is 56.0 Å². The van der Waals surface area contributed by atoms with Crippen LogP contribution in [-0.2, 0) is 6.54 Å². The molecule has 0 atom stereocenters. The van der Waals surface area contributed by atoms with Crippen molar-refractivity contribution >= 4 is 22.1 Å². The van der Waals surface area contributed by atoms with Crippen LogP contribution in [0.1, 0.15) is 12.0 Å². The molecule has 1 aromatic carbocycles. The summed E-state index contributed by atoms with van der Waals surface area (Å²) in [5, 5.41) is 7.52. The molecule has 1 aliphatic rings. The Hall–Kier alpha value is -4.64. The van der Waals surface area contributed by atoms with Crippen LogP contribution in [0.4, 0.5) is 13.2 Å². The molecule has 6 aromatic rings. The summed E-state index contributed by atoms with van der Waals surface area (Å²) in [5.41, 5.74) is 5.15. The molecule has 194 valence electrons. The van der Waals surface area contributed by atoms with Gasteiger partial charge in [0.05, 0.1) is 28.7 Å². The van der Waals surface area contributed by atoms with Crippen LogP contribution in [0.5, 0.6) is 0 Å². The lowest BCUT2D eigenvalue weighted by Crippen LogP contribution is -2.24. The van der Waals surface area contributed by atoms with E-state index in [2.05, 4.69) is 35.1 Å². The second-order valence-electron chi connectivity index (χ2n) is 9.68. The number of H-pyrrole nitrogens is 2. The van der Waals surface area contributed by atoms with Gasteiger partial charge in [0.1, 0.15) is 11.5 Å². The van der Waals surface area contributed by atoms with Crippen molar-refractivity contribution in [1.82, 2.24) is 40.0 Å². The fourth-order valence-corrected chi connectivity index (χ4v) is 5.15. The van der Waals surface area contributed by atoms with Gasteiger partial charge in [-0.15, -0.1) is 0 Å². The summed E-state index contributed by atoms with van der Waals surface area (Å²) in [6, 6.07) is 12.7. The minimum Gasteiger partial charge on any atom is -0.335 e. The summed E-state index contributed by atoms with van der Waals surface area (Å²) in [4.78, 5) is 22.6. The molecule has 6 heterocycles. The Bertz CT molecular complexity index is 1830. The topological polar surface area (TPSA) is 99.3 Å². The maximum Gasteiger partial charge on any atom is 0.261 e. The molecule has 0 unspecified atom stereocenters. The standard InChI is InChI=1S/C28H21F3N8/c29-23-18(17-11-16(12-32-13-17)14-39-10-7-28(30,31)15-39)4-5-21-22(23)25(38-37-21)27-35-24-19(6-9-34-26(24)36-27)20-3-1-2-8-33-20/h1-6,8-9,11-13H,7,10,14-15H2,(H,37,38)(H,34,35,36). The Morgan fingerprint density at radius 2 is 1.92 bits per heavy atom. The number of aromatic amines is 2. The summed E-state index contributed by atoms with van der Waals surface area (Å²) < 4.78 is 43.4. The van der Waals surface area contributed by atoms with Crippen LogP contribution in [-0.4, -0.2) is 59.0 Å². The van der Waals surface area contributed by atoms with Crippen molar-refractivity contribution in [2.24, 2.45) is 0 Å².